The smallest absolute Gasteiger partial charge is 0.322 e. The third-order valence-corrected chi connectivity index (χ3v) is 2.51. The van der Waals surface area contributed by atoms with Gasteiger partial charge in [-0.1, -0.05) is 0 Å². The van der Waals surface area contributed by atoms with E-state index in [1.165, 1.54) is 0 Å². The molecular weight excluding hydrogens is 154 g/mol. The molecule has 5 nitrogen and oxygen atoms in total. The van der Waals surface area contributed by atoms with Crippen molar-refractivity contribution in [2.45, 2.75) is 0 Å². The Hall–Kier alpha value is 0.210. The Morgan fingerprint density at radius 3 is 2.38 bits per heavy atom. The molecule has 0 heterocycles. The fourth-order valence-electron chi connectivity index (χ4n) is 0.0988. The molecule has 0 spiro atoms. The fraction of sp³-hybridized carbons (Fsp3) is 1.00. The molecule has 0 bridgehead atoms. The second-order valence-electron chi connectivity index (χ2n) is 0.990. The first-order chi connectivity index (χ1) is 3.62. The van der Waals surface area contributed by atoms with Gasteiger partial charge in [-0.2, -0.15) is 4.67 Å². The Labute approximate surface area is 47.0 Å². The number of hydrogen-bond acceptors (Lipinski definition) is 4. The average molecular weight is 158 g/mol. The van der Waals surface area contributed by atoms with Crippen LogP contribution in [0.2, 0.25) is 0 Å². The standard InChI is InChI=1S/CH4O5P2/c2-6-8(4,5)1-7-3/h2H,1H2,(H,4,5). The van der Waals surface area contributed by atoms with Crippen LogP contribution in [-0.4, -0.2) is 16.1 Å². The van der Waals surface area contributed by atoms with Crippen LogP contribution in [-0.2, 0) is 13.8 Å². The van der Waals surface area contributed by atoms with Crippen LogP contribution < -0.4 is 0 Å². The summed E-state index contributed by atoms with van der Waals surface area (Å²) in [7, 11) is -4.47. The van der Waals surface area contributed by atoms with Crippen molar-refractivity contribution in [1.82, 2.24) is 0 Å². The second-order valence-corrected chi connectivity index (χ2v) is 3.82. The Bertz CT molecular complexity index is 120. The molecule has 0 amide bonds. The van der Waals surface area contributed by atoms with Gasteiger partial charge < -0.3 is 4.89 Å². The minimum Gasteiger partial charge on any atom is -0.322 e. The Morgan fingerprint density at radius 1 is 1.75 bits per heavy atom. The molecule has 8 heavy (non-hydrogen) atoms. The van der Waals surface area contributed by atoms with Crippen LogP contribution in [0.25, 0.3) is 0 Å². The van der Waals surface area contributed by atoms with Crippen LogP contribution in [0.15, 0.2) is 0 Å². The third kappa shape index (κ3) is 3.24. The lowest BCUT2D eigenvalue weighted by molar-refractivity contribution is -0.145. The molecule has 48 valence electrons. The van der Waals surface area contributed by atoms with E-state index < -0.39 is 22.0 Å². The van der Waals surface area contributed by atoms with E-state index in [0.29, 0.717) is 0 Å². The lowest BCUT2D eigenvalue weighted by Gasteiger charge is -1.97. The van der Waals surface area contributed by atoms with Gasteiger partial charge in [0, 0.05) is 0 Å². The topological polar surface area (TPSA) is 83.8 Å². The fourth-order valence-corrected chi connectivity index (χ4v) is 0.889. The van der Waals surface area contributed by atoms with E-state index >= 15 is 0 Å². The SMILES string of the molecule is O=PCP(=O)(O)OO. The predicted octanol–water partition coefficient (Wildman–Crippen LogP) is 0.911. The summed E-state index contributed by atoms with van der Waals surface area (Å²) in [6.45, 7) is 0. The molecule has 0 fully saturated rings. The van der Waals surface area contributed by atoms with Crippen LogP contribution >= 0.6 is 16.1 Å². The monoisotopic (exact) mass is 158 g/mol. The van der Waals surface area contributed by atoms with Crippen molar-refractivity contribution in [3.63, 3.8) is 0 Å². The van der Waals surface area contributed by atoms with Crippen LogP contribution in [0.3, 0.4) is 0 Å². The van der Waals surface area contributed by atoms with Gasteiger partial charge in [0.05, 0.1) is 0 Å². The van der Waals surface area contributed by atoms with E-state index in [4.69, 9.17) is 10.2 Å². The van der Waals surface area contributed by atoms with Crippen molar-refractivity contribution < 1.29 is 24.0 Å². The zero-order valence-electron chi connectivity index (χ0n) is 3.72. The highest BCUT2D eigenvalue weighted by atomic mass is 31.2. The lowest BCUT2D eigenvalue weighted by atomic mass is 11.9. The zero-order valence-corrected chi connectivity index (χ0v) is 5.51. The molecule has 2 N–H and O–H groups in total. The molecule has 0 aromatic heterocycles. The number of rotatable bonds is 3. The summed E-state index contributed by atoms with van der Waals surface area (Å²) in [5, 5.41) is 7.57. The van der Waals surface area contributed by atoms with Crippen LogP contribution in [0, 0.1) is 0 Å². The highest BCUT2D eigenvalue weighted by Gasteiger charge is 2.17. The van der Waals surface area contributed by atoms with Crippen molar-refractivity contribution >= 4 is 16.1 Å². The van der Waals surface area contributed by atoms with Gasteiger partial charge in [-0.25, -0.2) is 5.26 Å². The molecule has 0 saturated heterocycles. The van der Waals surface area contributed by atoms with Gasteiger partial charge >= 0.3 is 7.60 Å². The summed E-state index contributed by atoms with van der Waals surface area (Å²) < 4.78 is 22.7. The normalized spacial score (nSPS) is 18.2. The third-order valence-electron chi connectivity index (χ3n) is 0.364. The maximum atomic E-state index is 10.1. The quantitative estimate of drug-likeness (QED) is 0.362. The summed E-state index contributed by atoms with van der Waals surface area (Å²) in [5.74, 6) is -0.580. The van der Waals surface area contributed by atoms with Crippen molar-refractivity contribution in [3.05, 3.63) is 0 Å². The van der Waals surface area contributed by atoms with Crippen molar-refractivity contribution in [2.24, 2.45) is 0 Å². The van der Waals surface area contributed by atoms with Crippen molar-refractivity contribution in [1.29, 1.82) is 0 Å². The van der Waals surface area contributed by atoms with E-state index in [9.17, 15) is 9.13 Å². The van der Waals surface area contributed by atoms with Gasteiger partial charge in [0.25, 0.3) is 0 Å². The molecule has 0 aliphatic carbocycles. The summed E-state index contributed by atoms with van der Waals surface area (Å²) in [5.41, 5.74) is 0. The van der Waals surface area contributed by atoms with Crippen LogP contribution in [0.5, 0.6) is 0 Å². The molecule has 0 aromatic rings. The minimum atomic E-state index is -3.94. The average Bonchev–Trinajstić information content (AvgIpc) is 1.67. The van der Waals surface area contributed by atoms with E-state index in [1.807, 2.05) is 0 Å². The molecule has 0 radical (unpaired) electrons. The first kappa shape index (κ1) is 8.21. The first-order valence-corrected chi connectivity index (χ1v) is 4.32. The summed E-state index contributed by atoms with van der Waals surface area (Å²) in [6, 6.07) is 0. The Kier molecular flexibility index (Phi) is 3.36. The Balaban J connectivity index is 3.72. The lowest BCUT2D eigenvalue weighted by Crippen LogP contribution is -1.82. The highest BCUT2D eigenvalue weighted by molar-refractivity contribution is 7.61. The summed E-state index contributed by atoms with van der Waals surface area (Å²) >= 11 is 0. The molecule has 0 rings (SSSR count). The molecule has 0 saturated carbocycles. The second kappa shape index (κ2) is 3.28. The zero-order chi connectivity index (χ0) is 6.62. The van der Waals surface area contributed by atoms with E-state index in [0.717, 1.165) is 0 Å². The minimum absolute atomic E-state index is 0.524. The van der Waals surface area contributed by atoms with Crippen molar-refractivity contribution in [3.8, 4) is 0 Å². The van der Waals surface area contributed by atoms with Gasteiger partial charge in [0.1, 0.15) is 5.90 Å². The van der Waals surface area contributed by atoms with Gasteiger partial charge in [0.2, 0.25) is 0 Å². The largest absolute Gasteiger partial charge is 0.366 e. The molecule has 7 heteroatoms. The molecule has 1 unspecified atom stereocenters. The van der Waals surface area contributed by atoms with Crippen LogP contribution in [0.1, 0.15) is 0 Å². The van der Waals surface area contributed by atoms with E-state index in [1.54, 1.807) is 0 Å². The first-order valence-electron chi connectivity index (χ1n) is 1.56. The van der Waals surface area contributed by atoms with Gasteiger partial charge in [-0.05, 0) is 0 Å². The summed E-state index contributed by atoms with van der Waals surface area (Å²) in [4.78, 5) is 8.20. The molecule has 1 atom stereocenters. The van der Waals surface area contributed by atoms with E-state index in [-0.39, 0.29) is 0 Å². The Morgan fingerprint density at radius 2 is 2.25 bits per heavy atom. The highest BCUT2D eigenvalue weighted by Crippen LogP contribution is 2.43. The van der Waals surface area contributed by atoms with E-state index in [2.05, 4.69) is 4.67 Å². The van der Waals surface area contributed by atoms with Crippen LogP contribution in [0.4, 0.5) is 0 Å². The summed E-state index contributed by atoms with van der Waals surface area (Å²) in [6.07, 6.45) is 0. The predicted molar refractivity (Wildman–Crippen MR) is 26.0 cm³/mol. The molecular formula is CH4O5P2. The van der Waals surface area contributed by atoms with Gasteiger partial charge in [-0.15, -0.1) is 0 Å². The maximum absolute atomic E-state index is 10.1. The number of hydrogen-bond donors (Lipinski definition) is 2. The molecule has 0 aliphatic heterocycles. The van der Waals surface area contributed by atoms with Gasteiger partial charge in [-0.3, -0.25) is 9.13 Å². The maximum Gasteiger partial charge on any atom is 0.366 e. The molecule has 0 aromatic carbocycles. The molecule has 0 aliphatic rings. The van der Waals surface area contributed by atoms with Crippen molar-refractivity contribution in [2.75, 3.05) is 5.90 Å². The van der Waals surface area contributed by atoms with Gasteiger partial charge in [0.15, 0.2) is 8.46 Å².